The van der Waals surface area contributed by atoms with Crippen LogP contribution in [0.25, 0.3) is 5.76 Å². The van der Waals surface area contributed by atoms with Crippen LogP contribution in [0.4, 0.5) is 0 Å². The number of ketones is 1. The number of hydrogen-bond acceptors (Lipinski definition) is 4. The first-order valence-corrected chi connectivity index (χ1v) is 9.66. The number of nitrogens with zero attached hydrogens (tertiary/aromatic N) is 1. The molecule has 0 unspecified atom stereocenters. The maximum atomic E-state index is 13.5. The number of carbonyl (C=O) groups excluding carboxylic acids is 2. The molecule has 2 fully saturated rings. The number of rotatable bonds is 4. The summed E-state index contributed by atoms with van der Waals surface area (Å²) < 4.78 is 2.00. The van der Waals surface area contributed by atoms with Gasteiger partial charge in [-0.3, -0.25) is 14.4 Å². The van der Waals surface area contributed by atoms with Gasteiger partial charge in [0.25, 0.3) is 5.91 Å². The Hall–Kier alpha value is -2.57. The van der Waals surface area contributed by atoms with Gasteiger partial charge in [0, 0.05) is 5.69 Å². The van der Waals surface area contributed by atoms with E-state index in [2.05, 4.69) is 5.32 Å². The van der Waals surface area contributed by atoms with Gasteiger partial charge in [0.15, 0.2) is 11.5 Å². The van der Waals surface area contributed by atoms with E-state index in [-0.39, 0.29) is 17.1 Å². The quantitative estimate of drug-likeness (QED) is 0.704. The molecule has 0 radical (unpaired) electrons. The average molecular weight is 372 g/mol. The van der Waals surface area contributed by atoms with Gasteiger partial charge in [0.2, 0.25) is 0 Å². The smallest absolute Gasteiger partial charge is 0.322 e. The molecule has 3 N–H and O–H groups in total. The van der Waals surface area contributed by atoms with Crippen molar-refractivity contribution in [3.63, 3.8) is 0 Å². The highest BCUT2D eigenvalue weighted by Gasteiger charge is 2.51. The molecule has 144 valence electrons. The predicted molar refractivity (Wildman–Crippen MR) is 97.3 cm³/mol. The summed E-state index contributed by atoms with van der Waals surface area (Å²) in [5, 5.41) is 21.8. The number of nitrogens with one attached hydrogen (secondary N) is 1. The minimum atomic E-state index is -1.20. The van der Waals surface area contributed by atoms with Crippen LogP contribution in [-0.4, -0.2) is 39.0 Å². The molecule has 1 aromatic rings. The summed E-state index contributed by atoms with van der Waals surface area (Å²) in [6, 6.07) is 3.76. The lowest BCUT2D eigenvalue weighted by Crippen LogP contribution is -2.51. The van der Waals surface area contributed by atoms with Crippen LogP contribution < -0.4 is 5.32 Å². The first-order chi connectivity index (χ1) is 13.0. The number of fused-ring (bicyclic) bond motifs is 2. The number of Topliss-reactive ketones (excluding diaryl/α,β-unsaturated/α-hetero) is 1. The van der Waals surface area contributed by atoms with Crippen LogP contribution in [0, 0.1) is 0 Å². The molecule has 0 saturated heterocycles. The zero-order chi connectivity index (χ0) is 19.2. The van der Waals surface area contributed by atoms with E-state index in [1.807, 2.05) is 10.6 Å². The summed E-state index contributed by atoms with van der Waals surface area (Å²) in [6.45, 7) is -0.593. The van der Waals surface area contributed by atoms with E-state index in [4.69, 9.17) is 5.11 Å². The fourth-order valence-electron chi connectivity index (χ4n) is 4.75. The van der Waals surface area contributed by atoms with Crippen molar-refractivity contribution in [2.45, 2.75) is 62.8 Å². The van der Waals surface area contributed by atoms with Crippen LogP contribution in [-0.2, 0) is 19.9 Å². The van der Waals surface area contributed by atoms with Crippen LogP contribution in [0.15, 0.2) is 17.7 Å². The first kappa shape index (κ1) is 17.8. The lowest BCUT2D eigenvalue weighted by Gasteiger charge is -2.44. The second-order valence-electron chi connectivity index (χ2n) is 7.83. The minimum absolute atomic E-state index is 0.302. The van der Waals surface area contributed by atoms with Gasteiger partial charge in [-0.05, 0) is 43.7 Å². The fourth-order valence-corrected chi connectivity index (χ4v) is 4.75. The molecule has 0 atom stereocenters. The Morgan fingerprint density at radius 1 is 1.15 bits per heavy atom. The second-order valence-corrected chi connectivity index (χ2v) is 7.83. The summed E-state index contributed by atoms with van der Waals surface area (Å²) >= 11 is 0. The molecular weight excluding hydrogens is 348 g/mol. The molecular formula is C20H24N2O5. The van der Waals surface area contributed by atoms with Gasteiger partial charge in [-0.25, -0.2) is 0 Å². The van der Waals surface area contributed by atoms with Gasteiger partial charge in [-0.2, -0.15) is 0 Å². The average Bonchev–Trinajstić information content (AvgIpc) is 3.03. The molecule has 1 amide bonds. The van der Waals surface area contributed by atoms with E-state index in [1.54, 1.807) is 6.07 Å². The number of amides is 1. The molecule has 7 heteroatoms. The number of carboxylic acids is 1. The van der Waals surface area contributed by atoms with Crippen LogP contribution in [0.2, 0.25) is 0 Å². The van der Waals surface area contributed by atoms with Crippen molar-refractivity contribution < 1.29 is 24.6 Å². The van der Waals surface area contributed by atoms with Gasteiger partial charge >= 0.3 is 5.97 Å². The lowest BCUT2D eigenvalue weighted by atomic mass is 9.72. The Kier molecular flexibility index (Phi) is 4.32. The SMILES string of the molecule is O=C(O)CNC(=O)C1=C(O)c2ccc(C3CCC3)n2C2(CCCCC2)C1=O. The summed E-state index contributed by atoms with van der Waals surface area (Å²) in [4.78, 5) is 36.8. The molecule has 1 aliphatic heterocycles. The predicted octanol–water partition coefficient (Wildman–Crippen LogP) is 2.47. The van der Waals surface area contributed by atoms with Gasteiger partial charge in [-0.15, -0.1) is 0 Å². The van der Waals surface area contributed by atoms with E-state index >= 15 is 0 Å². The van der Waals surface area contributed by atoms with Gasteiger partial charge in [0.05, 0.1) is 5.69 Å². The molecule has 3 aliphatic rings. The number of aromatic nitrogens is 1. The largest absolute Gasteiger partial charge is 0.505 e. The summed E-state index contributed by atoms with van der Waals surface area (Å²) in [7, 11) is 0. The maximum Gasteiger partial charge on any atom is 0.322 e. The van der Waals surface area contributed by atoms with Gasteiger partial charge < -0.3 is 20.1 Å². The highest BCUT2D eigenvalue weighted by atomic mass is 16.4. The first-order valence-electron chi connectivity index (χ1n) is 9.66. The molecule has 2 saturated carbocycles. The normalized spacial score (nSPS) is 21.7. The Balaban J connectivity index is 1.83. The number of carbonyl (C=O) groups is 3. The number of hydrogen-bond donors (Lipinski definition) is 3. The Morgan fingerprint density at radius 3 is 2.44 bits per heavy atom. The van der Waals surface area contributed by atoms with Crippen molar-refractivity contribution in [1.29, 1.82) is 0 Å². The van der Waals surface area contributed by atoms with Crippen LogP contribution in [0.3, 0.4) is 0 Å². The third-order valence-electron chi connectivity index (χ3n) is 6.30. The fraction of sp³-hybridized carbons (Fsp3) is 0.550. The van der Waals surface area contributed by atoms with Crippen molar-refractivity contribution in [2.24, 2.45) is 0 Å². The minimum Gasteiger partial charge on any atom is -0.505 e. The van der Waals surface area contributed by atoms with Crippen LogP contribution >= 0.6 is 0 Å². The third kappa shape index (κ3) is 2.67. The standard InChI is InChI=1S/C20H24N2O5/c23-15(24)11-21-19(27)16-17(25)14-8-7-13(12-5-4-6-12)22(14)20(18(16)26)9-2-1-3-10-20/h7-8,12,25H,1-6,9-11H2,(H,21,27)(H,23,24). The van der Waals surface area contributed by atoms with E-state index in [0.717, 1.165) is 44.2 Å². The Bertz CT molecular complexity index is 841. The zero-order valence-corrected chi connectivity index (χ0v) is 15.2. The summed E-state index contributed by atoms with van der Waals surface area (Å²) in [5.41, 5.74) is 0.426. The zero-order valence-electron chi connectivity index (χ0n) is 15.2. The van der Waals surface area contributed by atoms with Crippen molar-refractivity contribution in [1.82, 2.24) is 9.88 Å². The van der Waals surface area contributed by atoms with Gasteiger partial charge in [-0.1, -0.05) is 25.7 Å². The molecule has 1 spiro atoms. The highest BCUT2D eigenvalue weighted by Crippen LogP contribution is 2.48. The van der Waals surface area contributed by atoms with Crippen LogP contribution in [0.5, 0.6) is 0 Å². The monoisotopic (exact) mass is 372 g/mol. The molecule has 1 aromatic heterocycles. The topological polar surface area (TPSA) is 109 Å². The number of aliphatic carboxylic acids is 1. The molecule has 2 heterocycles. The van der Waals surface area contributed by atoms with E-state index < -0.39 is 24.0 Å². The molecule has 4 rings (SSSR count). The highest BCUT2D eigenvalue weighted by molar-refractivity contribution is 6.27. The molecule has 0 aromatic carbocycles. The number of aliphatic hydroxyl groups is 1. The summed E-state index contributed by atoms with van der Waals surface area (Å²) in [6.07, 6.45) is 7.40. The van der Waals surface area contributed by atoms with Crippen molar-refractivity contribution in [2.75, 3.05) is 6.54 Å². The lowest BCUT2D eigenvalue weighted by molar-refractivity contribution is -0.138. The third-order valence-corrected chi connectivity index (χ3v) is 6.30. The number of carboxylic acid groups (broad SMARTS) is 1. The molecule has 2 aliphatic carbocycles. The van der Waals surface area contributed by atoms with Crippen molar-refractivity contribution in [3.05, 3.63) is 29.1 Å². The maximum absolute atomic E-state index is 13.5. The van der Waals surface area contributed by atoms with E-state index in [0.29, 0.717) is 24.5 Å². The molecule has 27 heavy (non-hydrogen) atoms. The van der Waals surface area contributed by atoms with Crippen molar-refractivity contribution >= 4 is 23.4 Å². The summed E-state index contributed by atoms with van der Waals surface area (Å²) in [5.74, 6) is -2.35. The van der Waals surface area contributed by atoms with E-state index in [9.17, 15) is 19.5 Å². The van der Waals surface area contributed by atoms with E-state index in [1.165, 1.54) is 0 Å². The number of aliphatic hydroxyl groups excluding tert-OH is 1. The van der Waals surface area contributed by atoms with Crippen molar-refractivity contribution in [3.8, 4) is 0 Å². The second kappa shape index (κ2) is 6.55. The Labute approximate surface area is 157 Å². The Morgan fingerprint density at radius 2 is 1.85 bits per heavy atom. The molecule has 0 bridgehead atoms. The molecule has 7 nitrogen and oxygen atoms in total. The van der Waals surface area contributed by atoms with Gasteiger partial charge in [0.1, 0.15) is 17.7 Å². The van der Waals surface area contributed by atoms with Crippen LogP contribution in [0.1, 0.15) is 68.7 Å².